The SMILES string of the molecule is CNNC(=S)NC(=O)c1cn(CC(C)C)nc1-c1cc(Cl)nc(Cl)c1. The van der Waals surface area contributed by atoms with Crippen LogP contribution in [0.2, 0.25) is 10.3 Å². The van der Waals surface area contributed by atoms with Gasteiger partial charge in [-0.25, -0.2) is 10.4 Å². The zero-order valence-corrected chi connectivity index (χ0v) is 16.3. The molecule has 2 aromatic rings. The Morgan fingerprint density at radius 3 is 2.52 bits per heavy atom. The summed E-state index contributed by atoms with van der Waals surface area (Å²) in [6.07, 6.45) is 1.68. The number of nitrogens with one attached hydrogen (secondary N) is 3. The van der Waals surface area contributed by atoms with Crippen LogP contribution in [0.1, 0.15) is 24.2 Å². The first-order chi connectivity index (χ1) is 11.8. The van der Waals surface area contributed by atoms with Crippen molar-refractivity contribution in [2.75, 3.05) is 7.05 Å². The first-order valence-corrected chi connectivity index (χ1v) is 8.65. The second kappa shape index (κ2) is 8.57. The van der Waals surface area contributed by atoms with Gasteiger partial charge < -0.3 is 0 Å². The molecular formula is C15H18Cl2N6OS. The average Bonchev–Trinajstić information content (AvgIpc) is 2.89. The van der Waals surface area contributed by atoms with Crippen molar-refractivity contribution in [1.82, 2.24) is 30.9 Å². The van der Waals surface area contributed by atoms with Gasteiger partial charge in [-0.3, -0.25) is 20.2 Å². The van der Waals surface area contributed by atoms with Gasteiger partial charge in [0.15, 0.2) is 5.11 Å². The van der Waals surface area contributed by atoms with Crippen molar-refractivity contribution in [3.8, 4) is 11.3 Å². The molecule has 3 N–H and O–H groups in total. The highest BCUT2D eigenvalue weighted by Gasteiger charge is 2.20. The van der Waals surface area contributed by atoms with Crippen molar-refractivity contribution < 1.29 is 4.79 Å². The van der Waals surface area contributed by atoms with E-state index < -0.39 is 0 Å². The lowest BCUT2D eigenvalue weighted by atomic mass is 10.1. The maximum atomic E-state index is 12.6. The summed E-state index contributed by atoms with van der Waals surface area (Å²) < 4.78 is 1.71. The summed E-state index contributed by atoms with van der Waals surface area (Å²) >= 11 is 17.0. The summed E-state index contributed by atoms with van der Waals surface area (Å²) in [6.45, 7) is 4.78. The van der Waals surface area contributed by atoms with Crippen LogP contribution in [-0.2, 0) is 6.54 Å². The van der Waals surface area contributed by atoms with Gasteiger partial charge in [-0.2, -0.15) is 5.10 Å². The molecule has 2 heterocycles. The Kier molecular flexibility index (Phi) is 6.71. The van der Waals surface area contributed by atoms with Crippen LogP contribution in [0.4, 0.5) is 0 Å². The molecule has 10 heteroatoms. The number of pyridine rings is 1. The minimum Gasteiger partial charge on any atom is -0.298 e. The van der Waals surface area contributed by atoms with E-state index in [2.05, 4.69) is 40.1 Å². The molecule has 0 bridgehead atoms. The molecule has 0 aliphatic carbocycles. The fourth-order valence-electron chi connectivity index (χ4n) is 2.19. The Bertz CT molecular complexity index is 772. The summed E-state index contributed by atoms with van der Waals surface area (Å²) in [5.74, 6) is -0.0258. The second-order valence-corrected chi connectivity index (χ2v) is 6.85. The number of rotatable bonds is 5. The second-order valence-electron chi connectivity index (χ2n) is 5.67. The minimum atomic E-state index is -0.387. The van der Waals surface area contributed by atoms with Crippen molar-refractivity contribution in [1.29, 1.82) is 0 Å². The molecule has 0 fully saturated rings. The van der Waals surface area contributed by atoms with Crippen LogP contribution < -0.4 is 16.2 Å². The zero-order chi connectivity index (χ0) is 18.6. The number of carbonyl (C=O) groups is 1. The van der Waals surface area contributed by atoms with Gasteiger partial charge in [0, 0.05) is 25.4 Å². The van der Waals surface area contributed by atoms with Gasteiger partial charge in [0.05, 0.1) is 5.56 Å². The zero-order valence-electron chi connectivity index (χ0n) is 13.9. The third kappa shape index (κ3) is 5.37. The Morgan fingerprint density at radius 2 is 1.96 bits per heavy atom. The lowest BCUT2D eigenvalue weighted by Crippen LogP contribution is -2.44. The van der Waals surface area contributed by atoms with Crippen molar-refractivity contribution >= 4 is 46.4 Å². The summed E-state index contributed by atoms with van der Waals surface area (Å²) in [5, 5.41) is 7.69. The van der Waals surface area contributed by atoms with Crippen molar-refractivity contribution in [3.05, 3.63) is 34.2 Å². The molecule has 0 aromatic carbocycles. The molecular weight excluding hydrogens is 383 g/mol. The molecule has 0 atom stereocenters. The van der Waals surface area contributed by atoms with Crippen LogP contribution in [-0.4, -0.2) is 32.8 Å². The number of nitrogens with zero attached hydrogens (tertiary/aromatic N) is 3. The quantitative estimate of drug-likeness (QED) is 0.406. The topological polar surface area (TPSA) is 83.9 Å². The van der Waals surface area contributed by atoms with Crippen LogP contribution in [0.25, 0.3) is 11.3 Å². The van der Waals surface area contributed by atoms with Crippen molar-refractivity contribution in [2.24, 2.45) is 5.92 Å². The molecule has 134 valence electrons. The molecule has 2 aromatic heterocycles. The van der Waals surface area contributed by atoms with Gasteiger partial charge in [-0.05, 0) is 30.3 Å². The molecule has 0 saturated heterocycles. The molecule has 1 amide bonds. The molecule has 2 rings (SSSR count). The van der Waals surface area contributed by atoms with Gasteiger partial charge in [0.25, 0.3) is 5.91 Å². The molecule has 7 nitrogen and oxygen atoms in total. The smallest absolute Gasteiger partial charge is 0.261 e. The number of hydrazine groups is 1. The Labute approximate surface area is 161 Å². The molecule has 0 radical (unpaired) electrons. The van der Waals surface area contributed by atoms with Gasteiger partial charge in [-0.1, -0.05) is 37.0 Å². The Morgan fingerprint density at radius 1 is 1.32 bits per heavy atom. The molecule has 0 spiro atoms. The molecule has 0 aliphatic heterocycles. The highest BCUT2D eigenvalue weighted by atomic mass is 35.5. The highest BCUT2D eigenvalue weighted by Crippen LogP contribution is 2.27. The van der Waals surface area contributed by atoms with Crippen molar-refractivity contribution in [2.45, 2.75) is 20.4 Å². The number of amides is 1. The Balaban J connectivity index is 2.44. The highest BCUT2D eigenvalue weighted by molar-refractivity contribution is 7.80. The summed E-state index contributed by atoms with van der Waals surface area (Å²) in [5.41, 5.74) is 6.70. The first-order valence-electron chi connectivity index (χ1n) is 7.49. The van der Waals surface area contributed by atoms with E-state index in [4.69, 9.17) is 35.4 Å². The molecule has 25 heavy (non-hydrogen) atoms. The van der Waals surface area contributed by atoms with Crippen LogP contribution in [0, 0.1) is 5.92 Å². The van der Waals surface area contributed by atoms with E-state index in [1.54, 1.807) is 30.1 Å². The predicted octanol–water partition coefficient (Wildman–Crippen LogP) is 2.65. The predicted molar refractivity (Wildman–Crippen MR) is 103 cm³/mol. The van der Waals surface area contributed by atoms with Crippen LogP contribution in [0.15, 0.2) is 18.3 Å². The summed E-state index contributed by atoms with van der Waals surface area (Å²) in [4.78, 5) is 16.5. The van der Waals surface area contributed by atoms with Gasteiger partial charge in [-0.15, -0.1) is 0 Å². The number of aromatic nitrogens is 3. The van der Waals surface area contributed by atoms with Gasteiger partial charge in [0.2, 0.25) is 0 Å². The summed E-state index contributed by atoms with van der Waals surface area (Å²) in [6, 6.07) is 3.22. The van der Waals surface area contributed by atoms with E-state index in [1.165, 1.54) is 0 Å². The van der Waals surface area contributed by atoms with E-state index in [0.29, 0.717) is 29.3 Å². The number of hydrogen-bond acceptors (Lipinski definition) is 5. The molecule has 0 saturated carbocycles. The van der Waals surface area contributed by atoms with E-state index >= 15 is 0 Å². The molecule has 0 aliphatic rings. The number of carbonyl (C=O) groups excluding carboxylic acids is 1. The normalized spacial score (nSPS) is 10.8. The van der Waals surface area contributed by atoms with Crippen molar-refractivity contribution in [3.63, 3.8) is 0 Å². The largest absolute Gasteiger partial charge is 0.298 e. The van der Waals surface area contributed by atoms with Crippen LogP contribution in [0.3, 0.4) is 0 Å². The van der Waals surface area contributed by atoms with Crippen LogP contribution in [0.5, 0.6) is 0 Å². The monoisotopic (exact) mass is 400 g/mol. The average molecular weight is 401 g/mol. The maximum absolute atomic E-state index is 12.6. The van der Waals surface area contributed by atoms with Gasteiger partial charge in [0.1, 0.15) is 16.0 Å². The third-order valence-corrected chi connectivity index (χ3v) is 3.65. The van der Waals surface area contributed by atoms with E-state index in [0.717, 1.165) is 0 Å². The van der Waals surface area contributed by atoms with Crippen LogP contribution >= 0.6 is 35.4 Å². The summed E-state index contributed by atoms with van der Waals surface area (Å²) in [7, 11) is 1.64. The standard InChI is InChI=1S/C15H18Cl2N6OS/c1-8(2)6-23-7-10(14(24)20-15(25)21-18-3)13(22-23)9-4-11(16)19-12(17)5-9/h4-5,7-8,18H,6H2,1-3H3,(H2,20,21,24,25). The number of thiocarbonyl (C=S) groups is 1. The number of halogens is 2. The fraction of sp³-hybridized carbons (Fsp3) is 0.333. The molecule has 0 unspecified atom stereocenters. The Hall–Kier alpha value is -1.74. The third-order valence-electron chi connectivity index (χ3n) is 3.06. The maximum Gasteiger partial charge on any atom is 0.261 e. The minimum absolute atomic E-state index is 0.154. The lowest BCUT2D eigenvalue weighted by molar-refractivity contribution is 0.0977. The fourth-order valence-corrected chi connectivity index (χ4v) is 2.84. The van der Waals surface area contributed by atoms with Gasteiger partial charge >= 0.3 is 0 Å². The van der Waals surface area contributed by atoms with E-state index in [-0.39, 0.29) is 21.3 Å². The lowest BCUT2D eigenvalue weighted by Gasteiger charge is -2.08. The first kappa shape index (κ1) is 19.6. The number of hydrogen-bond donors (Lipinski definition) is 3. The van der Waals surface area contributed by atoms with E-state index in [1.807, 2.05) is 0 Å². The van der Waals surface area contributed by atoms with E-state index in [9.17, 15) is 4.79 Å².